The zero-order valence-electron chi connectivity index (χ0n) is 18.3. The molecule has 0 unspecified atom stereocenters. The number of hydrogen-bond acceptors (Lipinski definition) is 3. The summed E-state index contributed by atoms with van der Waals surface area (Å²) in [6, 6.07) is 13.7. The van der Waals surface area contributed by atoms with Gasteiger partial charge in [0.25, 0.3) is 0 Å². The van der Waals surface area contributed by atoms with Crippen LogP contribution in [0.3, 0.4) is 0 Å². The molecule has 1 heterocycles. The van der Waals surface area contributed by atoms with E-state index >= 15 is 0 Å². The molecule has 1 amide bonds. The van der Waals surface area contributed by atoms with Crippen LogP contribution in [0.15, 0.2) is 42.5 Å². The highest BCUT2D eigenvalue weighted by Gasteiger charge is 2.31. The number of piperidine rings is 1. The molecular formula is C24H32N2O3S. The first kappa shape index (κ1) is 22.5. The van der Waals surface area contributed by atoms with Gasteiger partial charge in [-0.1, -0.05) is 48.0 Å². The standard InChI is InChI=1S/C24H32N2O3S/c1-17-5-8-21(9-6-17)16-30(28,29)26-13-11-22(12-14-26)24(27)25-20(4)23-10-7-18(2)19(3)15-23/h5-10,15,20,22H,11-14,16H2,1-4H3,(H,25,27)/t20-/m1/s1. The van der Waals surface area contributed by atoms with Crippen molar-refractivity contribution in [1.82, 2.24) is 9.62 Å². The zero-order valence-corrected chi connectivity index (χ0v) is 19.1. The van der Waals surface area contributed by atoms with E-state index in [9.17, 15) is 13.2 Å². The third kappa shape index (κ3) is 5.49. The molecule has 30 heavy (non-hydrogen) atoms. The van der Waals surface area contributed by atoms with Gasteiger partial charge >= 0.3 is 0 Å². The second-order valence-corrected chi connectivity index (χ2v) is 10.5. The van der Waals surface area contributed by atoms with Gasteiger partial charge < -0.3 is 5.32 Å². The van der Waals surface area contributed by atoms with E-state index in [0.717, 1.165) is 16.7 Å². The predicted octanol–water partition coefficient (Wildman–Crippen LogP) is 4.03. The number of hydrogen-bond donors (Lipinski definition) is 1. The van der Waals surface area contributed by atoms with Crippen molar-refractivity contribution in [2.75, 3.05) is 13.1 Å². The topological polar surface area (TPSA) is 66.5 Å². The fourth-order valence-corrected chi connectivity index (χ4v) is 5.39. The number of nitrogens with zero attached hydrogens (tertiary/aromatic N) is 1. The van der Waals surface area contributed by atoms with Crippen LogP contribution < -0.4 is 5.32 Å². The lowest BCUT2D eigenvalue weighted by Gasteiger charge is -2.31. The molecule has 3 rings (SSSR count). The number of nitrogens with one attached hydrogen (secondary N) is 1. The van der Waals surface area contributed by atoms with Crippen molar-refractivity contribution < 1.29 is 13.2 Å². The molecule has 0 bridgehead atoms. The molecule has 1 N–H and O–H groups in total. The summed E-state index contributed by atoms with van der Waals surface area (Å²) >= 11 is 0. The number of carbonyl (C=O) groups excluding carboxylic acids is 1. The van der Waals surface area contributed by atoms with E-state index in [1.165, 1.54) is 15.4 Å². The van der Waals surface area contributed by atoms with E-state index in [1.54, 1.807) is 0 Å². The molecule has 0 aromatic heterocycles. The Balaban J connectivity index is 1.54. The maximum Gasteiger partial charge on any atom is 0.223 e. The summed E-state index contributed by atoms with van der Waals surface area (Å²) < 4.78 is 27.1. The zero-order chi connectivity index (χ0) is 21.9. The normalized spacial score (nSPS) is 16.9. The van der Waals surface area contributed by atoms with Gasteiger partial charge in [-0.05, 0) is 62.8 Å². The van der Waals surface area contributed by atoms with Gasteiger partial charge in [0.2, 0.25) is 15.9 Å². The van der Waals surface area contributed by atoms with Crippen molar-refractivity contribution in [3.05, 3.63) is 70.3 Å². The van der Waals surface area contributed by atoms with Crippen molar-refractivity contribution in [1.29, 1.82) is 0 Å². The fraction of sp³-hybridized carbons (Fsp3) is 0.458. The van der Waals surface area contributed by atoms with E-state index in [1.807, 2.05) is 44.2 Å². The number of amides is 1. The molecule has 0 saturated carbocycles. The Labute approximate surface area is 180 Å². The largest absolute Gasteiger partial charge is 0.349 e. The predicted molar refractivity (Wildman–Crippen MR) is 121 cm³/mol. The Kier molecular flexibility index (Phi) is 6.98. The Hall–Kier alpha value is -2.18. The van der Waals surface area contributed by atoms with Crippen LogP contribution in [0.1, 0.15) is 53.6 Å². The fourth-order valence-electron chi connectivity index (χ4n) is 3.83. The lowest BCUT2D eigenvalue weighted by atomic mass is 9.96. The van der Waals surface area contributed by atoms with Gasteiger partial charge in [-0.2, -0.15) is 0 Å². The Morgan fingerprint density at radius 2 is 1.67 bits per heavy atom. The number of benzene rings is 2. The molecule has 162 valence electrons. The van der Waals surface area contributed by atoms with Crippen molar-refractivity contribution in [2.45, 2.75) is 52.3 Å². The molecule has 1 aliphatic rings. The van der Waals surface area contributed by atoms with Crippen LogP contribution in [0.5, 0.6) is 0 Å². The van der Waals surface area contributed by atoms with Crippen molar-refractivity contribution in [3.63, 3.8) is 0 Å². The number of carbonyl (C=O) groups is 1. The van der Waals surface area contributed by atoms with Gasteiger partial charge in [0, 0.05) is 19.0 Å². The molecule has 0 aliphatic carbocycles. The highest BCUT2D eigenvalue weighted by atomic mass is 32.2. The van der Waals surface area contributed by atoms with Gasteiger partial charge in [0.15, 0.2) is 0 Å². The van der Waals surface area contributed by atoms with E-state index in [2.05, 4.69) is 31.3 Å². The molecule has 1 fully saturated rings. The molecule has 1 atom stereocenters. The molecule has 1 aliphatic heterocycles. The first-order valence-electron chi connectivity index (χ1n) is 10.6. The summed E-state index contributed by atoms with van der Waals surface area (Å²) in [5, 5.41) is 3.10. The third-order valence-corrected chi connectivity index (χ3v) is 7.93. The summed E-state index contributed by atoms with van der Waals surface area (Å²) in [5.41, 5.74) is 5.43. The minimum atomic E-state index is -3.37. The summed E-state index contributed by atoms with van der Waals surface area (Å²) in [6.07, 6.45) is 1.11. The van der Waals surface area contributed by atoms with E-state index in [0.29, 0.717) is 25.9 Å². The minimum Gasteiger partial charge on any atom is -0.349 e. The van der Waals surface area contributed by atoms with Crippen LogP contribution in [-0.4, -0.2) is 31.7 Å². The van der Waals surface area contributed by atoms with Crippen molar-refractivity contribution >= 4 is 15.9 Å². The van der Waals surface area contributed by atoms with Gasteiger partial charge in [-0.25, -0.2) is 12.7 Å². The number of aryl methyl sites for hydroxylation is 3. The SMILES string of the molecule is Cc1ccc(CS(=O)(=O)N2CCC(C(=O)N[C@H](C)c3ccc(C)c(C)c3)CC2)cc1. The summed E-state index contributed by atoms with van der Waals surface area (Å²) in [4.78, 5) is 12.7. The molecule has 2 aromatic carbocycles. The quantitative estimate of drug-likeness (QED) is 0.755. The maximum absolute atomic E-state index is 12.8. The van der Waals surface area contributed by atoms with Crippen LogP contribution >= 0.6 is 0 Å². The van der Waals surface area contributed by atoms with E-state index in [4.69, 9.17) is 0 Å². The summed E-state index contributed by atoms with van der Waals surface area (Å²) in [7, 11) is -3.37. The minimum absolute atomic E-state index is 0.00789. The van der Waals surface area contributed by atoms with Gasteiger partial charge in [-0.15, -0.1) is 0 Å². The average Bonchev–Trinajstić information content (AvgIpc) is 2.71. The molecule has 2 aromatic rings. The molecule has 1 saturated heterocycles. The summed E-state index contributed by atoms with van der Waals surface area (Å²) in [6.45, 7) is 8.90. The van der Waals surface area contributed by atoms with Crippen molar-refractivity contribution in [2.24, 2.45) is 5.92 Å². The molecular weight excluding hydrogens is 396 g/mol. The monoisotopic (exact) mass is 428 g/mol. The Morgan fingerprint density at radius 1 is 1.03 bits per heavy atom. The van der Waals surface area contributed by atoms with E-state index in [-0.39, 0.29) is 23.6 Å². The summed E-state index contributed by atoms with van der Waals surface area (Å²) in [5.74, 6) is -0.130. The molecule has 6 heteroatoms. The van der Waals surface area contributed by atoms with Gasteiger partial charge in [0.1, 0.15) is 0 Å². The van der Waals surface area contributed by atoms with Gasteiger partial charge in [-0.3, -0.25) is 4.79 Å². The first-order valence-corrected chi connectivity index (χ1v) is 12.2. The third-order valence-electron chi connectivity index (χ3n) is 6.08. The van der Waals surface area contributed by atoms with Crippen LogP contribution in [0.2, 0.25) is 0 Å². The highest BCUT2D eigenvalue weighted by molar-refractivity contribution is 7.88. The van der Waals surface area contributed by atoms with Crippen LogP contribution in [0, 0.1) is 26.7 Å². The van der Waals surface area contributed by atoms with Gasteiger partial charge in [0.05, 0.1) is 11.8 Å². The Morgan fingerprint density at radius 3 is 2.27 bits per heavy atom. The van der Waals surface area contributed by atoms with Crippen LogP contribution in [0.4, 0.5) is 0 Å². The molecule has 0 radical (unpaired) electrons. The first-order chi connectivity index (χ1) is 14.2. The van der Waals surface area contributed by atoms with E-state index < -0.39 is 10.0 Å². The highest BCUT2D eigenvalue weighted by Crippen LogP contribution is 2.24. The maximum atomic E-state index is 12.8. The lowest BCUT2D eigenvalue weighted by molar-refractivity contribution is -0.126. The molecule has 5 nitrogen and oxygen atoms in total. The molecule has 0 spiro atoms. The second kappa shape index (κ2) is 9.31. The van der Waals surface area contributed by atoms with Crippen LogP contribution in [0.25, 0.3) is 0 Å². The lowest BCUT2D eigenvalue weighted by Crippen LogP contribution is -2.43. The number of sulfonamides is 1. The number of rotatable bonds is 6. The second-order valence-electron chi connectivity index (χ2n) is 8.49. The Bertz CT molecular complexity index is 992. The van der Waals surface area contributed by atoms with Crippen LogP contribution in [-0.2, 0) is 20.6 Å². The van der Waals surface area contributed by atoms with Crippen molar-refractivity contribution in [3.8, 4) is 0 Å². The average molecular weight is 429 g/mol. The smallest absolute Gasteiger partial charge is 0.223 e.